The minimum absolute atomic E-state index is 0.125. The molecular weight excluding hydrogens is 446 g/mol. The van der Waals surface area contributed by atoms with E-state index in [0.29, 0.717) is 10.2 Å². The molecule has 32 heavy (non-hydrogen) atoms. The van der Waals surface area contributed by atoms with Crippen molar-refractivity contribution in [3.8, 4) is 5.69 Å². The predicted molar refractivity (Wildman–Crippen MR) is 124 cm³/mol. The molecule has 2 N–H and O–H groups in total. The van der Waals surface area contributed by atoms with E-state index >= 15 is 0 Å². The van der Waals surface area contributed by atoms with Crippen LogP contribution in [-0.2, 0) is 4.79 Å². The molecular formula is C23H28ClN5O2S. The summed E-state index contributed by atoms with van der Waals surface area (Å²) in [6, 6.07) is 5.32. The Morgan fingerprint density at radius 3 is 2.47 bits per heavy atom. The Hall–Kier alpha value is -2.06. The van der Waals surface area contributed by atoms with Gasteiger partial charge in [-0.2, -0.15) is 0 Å². The van der Waals surface area contributed by atoms with Gasteiger partial charge in [0.05, 0.1) is 10.9 Å². The lowest BCUT2D eigenvalue weighted by Crippen LogP contribution is -2.62. The molecule has 4 aliphatic rings. The number of nitrogens with one attached hydrogen (secondary N) is 2. The third-order valence-electron chi connectivity index (χ3n) is 7.26. The summed E-state index contributed by atoms with van der Waals surface area (Å²) >= 11 is 7.51. The standard InChI is InChI=1S/C23H28ClN5O2S/c1-13-3-4-18(8-19(13)24)29-12-25-28-22(29)32-14(2)20(30)26-21(31)27-23-9-15-5-16(10-23)7-17(6-15)11-23/h3-4,8,12,14-17H,5-7,9-11H2,1-2H3,(H2,26,27,30,31). The number of hydrogen-bond donors (Lipinski definition) is 2. The van der Waals surface area contributed by atoms with Crippen molar-refractivity contribution < 1.29 is 9.59 Å². The number of aromatic nitrogens is 3. The number of hydrogen-bond acceptors (Lipinski definition) is 5. The van der Waals surface area contributed by atoms with Gasteiger partial charge in [0.25, 0.3) is 0 Å². The van der Waals surface area contributed by atoms with E-state index in [1.54, 1.807) is 17.8 Å². The van der Waals surface area contributed by atoms with Gasteiger partial charge in [-0.1, -0.05) is 29.4 Å². The lowest BCUT2D eigenvalue weighted by Gasteiger charge is -2.56. The number of carbonyl (C=O) groups excluding carboxylic acids is 2. The van der Waals surface area contributed by atoms with E-state index < -0.39 is 5.25 Å². The second kappa shape index (κ2) is 8.37. The monoisotopic (exact) mass is 473 g/mol. The number of imide groups is 1. The number of nitrogens with zero attached hydrogens (tertiary/aromatic N) is 3. The second-order valence-corrected chi connectivity index (χ2v) is 11.5. The van der Waals surface area contributed by atoms with Crippen LogP contribution in [0.1, 0.15) is 51.0 Å². The molecule has 6 rings (SSSR count). The zero-order valence-electron chi connectivity index (χ0n) is 18.3. The second-order valence-electron chi connectivity index (χ2n) is 9.82. The fourth-order valence-corrected chi connectivity index (χ4v) is 7.19. The molecule has 1 aromatic heterocycles. The fraction of sp³-hybridized carbons (Fsp3) is 0.565. The Morgan fingerprint density at radius 2 is 1.84 bits per heavy atom. The Bertz CT molecular complexity index is 1020. The molecule has 1 unspecified atom stereocenters. The van der Waals surface area contributed by atoms with Gasteiger partial charge in [-0.15, -0.1) is 10.2 Å². The quantitative estimate of drug-likeness (QED) is 0.624. The number of amides is 3. The molecule has 1 aromatic carbocycles. The molecule has 0 spiro atoms. The van der Waals surface area contributed by atoms with Crippen LogP contribution in [0.25, 0.3) is 5.69 Å². The Labute approximate surface area is 197 Å². The maximum absolute atomic E-state index is 12.7. The Kier molecular flexibility index (Phi) is 5.70. The van der Waals surface area contributed by atoms with Gasteiger partial charge in [0, 0.05) is 10.6 Å². The van der Waals surface area contributed by atoms with Crippen molar-refractivity contribution in [2.45, 2.75) is 68.3 Å². The number of urea groups is 1. The van der Waals surface area contributed by atoms with Gasteiger partial charge in [-0.3, -0.25) is 14.7 Å². The lowest BCUT2D eigenvalue weighted by atomic mass is 9.53. The lowest BCUT2D eigenvalue weighted by molar-refractivity contribution is -0.119. The SMILES string of the molecule is Cc1ccc(-n2cnnc2SC(C)C(=O)NC(=O)NC23CC4CC(CC(C4)C2)C3)cc1Cl. The van der Waals surface area contributed by atoms with E-state index in [0.717, 1.165) is 48.3 Å². The van der Waals surface area contributed by atoms with Crippen LogP contribution in [0.2, 0.25) is 5.02 Å². The molecule has 4 aliphatic carbocycles. The Balaban J connectivity index is 1.20. The maximum atomic E-state index is 12.7. The van der Waals surface area contributed by atoms with E-state index in [4.69, 9.17) is 11.6 Å². The highest BCUT2D eigenvalue weighted by atomic mass is 35.5. The normalized spacial score (nSPS) is 29.0. The summed E-state index contributed by atoms with van der Waals surface area (Å²) in [5, 5.41) is 14.6. The first-order valence-electron chi connectivity index (χ1n) is 11.3. The van der Waals surface area contributed by atoms with Crippen LogP contribution < -0.4 is 10.6 Å². The van der Waals surface area contributed by atoms with Gasteiger partial charge in [-0.05, 0) is 87.8 Å². The molecule has 1 heterocycles. The van der Waals surface area contributed by atoms with Crippen molar-refractivity contribution in [3.63, 3.8) is 0 Å². The van der Waals surface area contributed by atoms with Crippen LogP contribution in [0, 0.1) is 24.7 Å². The van der Waals surface area contributed by atoms with Gasteiger partial charge in [-0.25, -0.2) is 4.79 Å². The van der Waals surface area contributed by atoms with Crippen molar-refractivity contribution in [2.75, 3.05) is 0 Å². The van der Waals surface area contributed by atoms with Gasteiger partial charge in [0.1, 0.15) is 6.33 Å². The average molecular weight is 474 g/mol. The summed E-state index contributed by atoms with van der Waals surface area (Å²) in [5.74, 6) is 1.85. The van der Waals surface area contributed by atoms with Crippen LogP contribution in [0.5, 0.6) is 0 Å². The first kappa shape index (κ1) is 21.8. The molecule has 3 amide bonds. The highest BCUT2D eigenvalue weighted by Crippen LogP contribution is 2.55. The maximum Gasteiger partial charge on any atom is 0.321 e. The average Bonchev–Trinajstić information content (AvgIpc) is 3.16. The zero-order chi connectivity index (χ0) is 22.5. The largest absolute Gasteiger partial charge is 0.332 e. The van der Waals surface area contributed by atoms with Crippen LogP contribution in [0.3, 0.4) is 0 Å². The number of aryl methyl sites for hydroxylation is 1. The van der Waals surface area contributed by atoms with Gasteiger partial charge in [0.2, 0.25) is 5.91 Å². The first-order valence-corrected chi connectivity index (χ1v) is 12.5. The number of benzene rings is 1. The number of carbonyl (C=O) groups is 2. The summed E-state index contributed by atoms with van der Waals surface area (Å²) < 4.78 is 1.79. The highest BCUT2D eigenvalue weighted by Gasteiger charge is 2.51. The van der Waals surface area contributed by atoms with Gasteiger partial charge < -0.3 is 5.32 Å². The summed E-state index contributed by atoms with van der Waals surface area (Å²) in [6.45, 7) is 3.70. The number of rotatable bonds is 5. The molecule has 4 saturated carbocycles. The number of halogens is 1. The minimum Gasteiger partial charge on any atom is -0.332 e. The van der Waals surface area contributed by atoms with Crippen LogP contribution in [0.15, 0.2) is 29.7 Å². The third kappa shape index (κ3) is 4.27. The topological polar surface area (TPSA) is 88.9 Å². The van der Waals surface area contributed by atoms with Crippen molar-refractivity contribution in [1.29, 1.82) is 0 Å². The molecule has 4 bridgehead atoms. The summed E-state index contributed by atoms with van der Waals surface area (Å²) in [6.07, 6.45) is 8.66. The smallest absolute Gasteiger partial charge is 0.321 e. The van der Waals surface area contributed by atoms with Crippen molar-refractivity contribution in [2.24, 2.45) is 17.8 Å². The van der Waals surface area contributed by atoms with E-state index in [1.807, 2.05) is 25.1 Å². The van der Waals surface area contributed by atoms with E-state index in [2.05, 4.69) is 20.8 Å². The first-order chi connectivity index (χ1) is 15.3. The van der Waals surface area contributed by atoms with Gasteiger partial charge >= 0.3 is 6.03 Å². The molecule has 0 aliphatic heterocycles. The summed E-state index contributed by atoms with van der Waals surface area (Å²) in [5.41, 5.74) is 1.68. The van der Waals surface area contributed by atoms with Crippen molar-refractivity contribution >= 4 is 35.3 Å². The van der Waals surface area contributed by atoms with Crippen LogP contribution in [0.4, 0.5) is 4.79 Å². The van der Waals surface area contributed by atoms with Crippen LogP contribution in [-0.4, -0.2) is 37.5 Å². The predicted octanol–water partition coefficient (Wildman–Crippen LogP) is 4.50. The third-order valence-corrected chi connectivity index (χ3v) is 8.72. The van der Waals surface area contributed by atoms with Crippen molar-refractivity contribution in [1.82, 2.24) is 25.4 Å². The summed E-state index contributed by atoms with van der Waals surface area (Å²) in [4.78, 5) is 25.4. The van der Waals surface area contributed by atoms with Crippen molar-refractivity contribution in [3.05, 3.63) is 35.1 Å². The van der Waals surface area contributed by atoms with E-state index in [1.165, 1.54) is 31.0 Å². The van der Waals surface area contributed by atoms with E-state index in [9.17, 15) is 9.59 Å². The Morgan fingerprint density at radius 1 is 1.19 bits per heavy atom. The number of thioether (sulfide) groups is 1. The van der Waals surface area contributed by atoms with Crippen LogP contribution >= 0.6 is 23.4 Å². The van der Waals surface area contributed by atoms with E-state index in [-0.39, 0.29) is 17.5 Å². The molecule has 4 fully saturated rings. The molecule has 7 nitrogen and oxygen atoms in total. The molecule has 0 saturated heterocycles. The summed E-state index contributed by atoms with van der Waals surface area (Å²) in [7, 11) is 0. The molecule has 0 radical (unpaired) electrons. The molecule has 2 aromatic rings. The fourth-order valence-electron chi connectivity index (χ4n) is 6.17. The molecule has 1 atom stereocenters. The molecule has 9 heteroatoms. The zero-order valence-corrected chi connectivity index (χ0v) is 19.9. The highest BCUT2D eigenvalue weighted by molar-refractivity contribution is 8.00. The van der Waals surface area contributed by atoms with Gasteiger partial charge in [0.15, 0.2) is 5.16 Å². The molecule has 170 valence electrons. The minimum atomic E-state index is -0.513.